The molecule has 1 aliphatic heterocycles. The molecule has 0 aromatic heterocycles. The summed E-state index contributed by atoms with van der Waals surface area (Å²) in [4.78, 5) is 0. The number of aliphatic hydroxyl groups is 1. The van der Waals surface area contributed by atoms with Gasteiger partial charge in [0.05, 0.1) is 13.2 Å². The molecule has 0 bridgehead atoms. The standard InChI is InChI=1S/C15H11ClF2O2/c16-12-5-14(18)13(17)4-11(12)15(19)8-1-2-9-6-20-7-10(9)3-8/h1-5,15,19H,6-7H2. The first-order valence-electron chi connectivity index (χ1n) is 6.08. The molecule has 0 amide bonds. The van der Waals surface area contributed by atoms with Crippen molar-refractivity contribution in [3.63, 3.8) is 0 Å². The molecule has 2 nitrogen and oxygen atoms in total. The smallest absolute Gasteiger partial charge is 0.160 e. The van der Waals surface area contributed by atoms with E-state index in [9.17, 15) is 13.9 Å². The molecule has 0 radical (unpaired) electrons. The van der Waals surface area contributed by atoms with Gasteiger partial charge in [0.2, 0.25) is 0 Å². The molecule has 104 valence electrons. The van der Waals surface area contributed by atoms with Gasteiger partial charge in [-0.3, -0.25) is 0 Å². The van der Waals surface area contributed by atoms with E-state index in [-0.39, 0.29) is 10.6 Å². The third kappa shape index (κ3) is 2.30. The number of aliphatic hydroxyl groups excluding tert-OH is 1. The second kappa shape index (κ2) is 5.13. The molecule has 1 atom stereocenters. The van der Waals surface area contributed by atoms with Crippen LogP contribution in [-0.4, -0.2) is 5.11 Å². The van der Waals surface area contributed by atoms with Gasteiger partial charge in [-0.05, 0) is 28.8 Å². The molecule has 1 N–H and O–H groups in total. The molecule has 0 saturated heterocycles. The van der Waals surface area contributed by atoms with E-state index in [2.05, 4.69) is 0 Å². The summed E-state index contributed by atoms with van der Waals surface area (Å²) < 4.78 is 31.6. The normalized spacial score (nSPS) is 15.2. The largest absolute Gasteiger partial charge is 0.384 e. The fraction of sp³-hybridized carbons (Fsp3) is 0.200. The topological polar surface area (TPSA) is 29.5 Å². The minimum Gasteiger partial charge on any atom is -0.384 e. The zero-order valence-corrected chi connectivity index (χ0v) is 11.1. The van der Waals surface area contributed by atoms with Gasteiger partial charge >= 0.3 is 0 Å². The van der Waals surface area contributed by atoms with Crippen molar-refractivity contribution in [3.8, 4) is 0 Å². The summed E-state index contributed by atoms with van der Waals surface area (Å²) in [6, 6.07) is 7.17. The summed E-state index contributed by atoms with van der Waals surface area (Å²) in [5, 5.41) is 10.3. The van der Waals surface area contributed by atoms with Crippen LogP contribution in [0.3, 0.4) is 0 Å². The van der Waals surface area contributed by atoms with Crippen LogP contribution in [0.5, 0.6) is 0 Å². The van der Waals surface area contributed by atoms with Crippen LogP contribution in [0.1, 0.15) is 28.4 Å². The number of fused-ring (bicyclic) bond motifs is 1. The molecule has 0 saturated carbocycles. The Labute approximate surface area is 119 Å². The lowest BCUT2D eigenvalue weighted by molar-refractivity contribution is 0.134. The number of hydrogen-bond acceptors (Lipinski definition) is 2. The van der Waals surface area contributed by atoms with Crippen molar-refractivity contribution >= 4 is 11.6 Å². The monoisotopic (exact) mass is 296 g/mol. The number of halogens is 3. The fourth-order valence-electron chi connectivity index (χ4n) is 2.29. The van der Waals surface area contributed by atoms with E-state index in [1.165, 1.54) is 0 Å². The van der Waals surface area contributed by atoms with Gasteiger partial charge in [0.15, 0.2) is 11.6 Å². The van der Waals surface area contributed by atoms with Gasteiger partial charge in [-0.2, -0.15) is 0 Å². The van der Waals surface area contributed by atoms with Crippen molar-refractivity contribution < 1.29 is 18.6 Å². The van der Waals surface area contributed by atoms with Gasteiger partial charge in [-0.25, -0.2) is 8.78 Å². The molecule has 20 heavy (non-hydrogen) atoms. The molecule has 3 rings (SSSR count). The molecule has 1 unspecified atom stereocenters. The van der Waals surface area contributed by atoms with E-state index in [0.717, 1.165) is 23.3 Å². The summed E-state index contributed by atoms with van der Waals surface area (Å²) in [7, 11) is 0. The van der Waals surface area contributed by atoms with Gasteiger partial charge in [0, 0.05) is 10.6 Å². The molecule has 0 aliphatic carbocycles. The van der Waals surface area contributed by atoms with Crippen LogP contribution >= 0.6 is 11.6 Å². The molecule has 2 aromatic carbocycles. The Morgan fingerprint density at radius 3 is 2.55 bits per heavy atom. The molecular formula is C15H11ClF2O2. The first-order chi connectivity index (χ1) is 9.56. The highest BCUT2D eigenvalue weighted by Gasteiger charge is 2.19. The average Bonchev–Trinajstić information content (AvgIpc) is 2.89. The van der Waals surface area contributed by atoms with E-state index in [1.807, 2.05) is 6.07 Å². The quantitative estimate of drug-likeness (QED) is 0.856. The second-order valence-corrected chi connectivity index (χ2v) is 5.12. The highest BCUT2D eigenvalue weighted by atomic mass is 35.5. The first kappa shape index (κ1) is 13.5. The Kier molecular flexibility index (Phi) is 3.46. The molecule has 0 spiro atoms. The third-order valence-electron chi connectivity index (χ3n) is 3.40. The van der Waals surface area contributed by atoms with Crippen molar-refractivity contribution in [2.75, 3.05) is 0 Å². The summed E-state index contributed by atoms with van der Waals surface area (Å²) in [5.41, 5.74) is 2.77. The highest BCUT2D eigenvalue weighted by molar-refractivity contribution is 6.31. The maximum Gasteiger partial charge on any atom is 0.160 e. The van der Waals surface area contributed by atoms with Crippen LogP contribution < -0.4 is 0 Å². The van der Waals surface area contributed by atoms with Crippen molar-refractivity contribution in [2.24, 2.45) is 0 Å². The van der Waals surface area contributed by atoms with Crippen LogP contribution in [0.4, 0.5) is 8.78 Å². The molecule has 0 fully saturated rings. The van der Waals surface area contributed by atoms with Crippen molar-refractivity contribution in [1.29, 1.82) is 0 Å². The molecule has 2 aromatic rings. The minimum atomic E-state index is -1.11. The Bertz CT molecular complexity index is 673. The van der Waals surface area contributed by atoms with Crippen molar-refractivity contribution in [2.45, 2.75) is 19.3 Å². The maximum atomic E-state index is 13.3. The zero-order valence-electron chi connectivity index (χ0n) is 10.4. The number of rotatable bonds is 2. The Morgan fingerprint density at radius 2 is 1.75 bits per heavy atom. The number of ether oxygens (including phenoxy) is 1. The fourth-order valence-corrected chi connectivity index (χ4v) is 2.54. The highest BCUT2D eigenvalue weighted by Crippen LogP contribution is 2.32. The van der Waals surface area contributed by atoms with Crippen molar-refractivity contribution in [1.82, 2.24) is 0 Å². The predicted molar refractivity (Wildman–Crippen MR) is 70.4 cm³/mol. The summed E-state index contributed by atoms with van der Waals surface area (Å²) >= 11 is 5.87. The molecular weight excluding hydrogens is 286 g/mol. The Morgan fingerprint density at radius 1 is 1.05 bits per heavy atom. The van der Waals surface area contributed by atoms with Gasteiger partial charge in [-0.1, -0.05) is 29.8 Å². The van der Waals surface area contributed by atoms with E-state index in [4.69, 9.17) is 16.3 Å². The van der Waals surface area contributed by atoms with Crippen LogP contribution in [-0.2, 0) is 18.0 Å². The van der Waals surface area contributed by atoms with E-state index < -0.39 is 17.7 Å². The average molecular weight is 297 g/mol. The first-order valence-corrected chi connectivity index (χ1v) is 6.46. The van der Waals surface area contributed by atoms with Gasteiger partial charge in [-0.15, -0.1) is 0 Å². The maximum absolute atomic E-state index is 13.3. The zero-order chi connectivity index (χ0) is 14.3. The van der Waals surface area contributed by atoms with Crippen LogP contribution in [0, 0.1) is 11.6 Å². The lowest BCUT2D eigenvalue weighted by atomic mass is 9.98. The van der Waals surface area contributed by atoms with Gasteiger partial charge in [0.1, 0.15) is 6.10 Å². The van der Waals surface area contributed by atoms with Crippen LogP contribution in [0.2, 0.25) is 5.02 Å². The summed E-state index contributed by atoms with van der Waals surface area (Å²) in [5.74, 6) is -2.07. The molecule has 5 heteroatoms. The summed E-state index contributed by atoms with van der Waals surface area (Å²) in [6.07, 6.45) is -1.11. The van der Waals surface area contributed by atoms with E-state index >= 15 is 0 Å². The second-order valence-electron chi connectivity index (χ2n) is 4.71. The Hall–Kier alpha value is -1.49. The van der Waals surface area contributed by atoms with Crippen molar-refractivity contribution in [3.05, 3.63) is 69.2 Å². The van der Waals surface area contributed by atoms with Gasteiger partial charge < -0.3 is 9.84 Å². The molecule has 1 heterocycles. The van der Waals surface area contributed by atoms with E-state index in [1.54, 1.807) is 12.1 Å². The third-order valence-corrected chi connectivity index (χ3v) is 3.72. The van der Waals surface area contributed by atoms with Crippen LogP contribution in [0.15, 0.2) is 30.3 Å². The summed E-state index contributed by atoms with van der Waals surface area (Å²) in [6.45, 7) is 1.04. The number of hydrogen-bond donors (Lipinski definition) is 1. The lowest BCUT2D eigenvalue weighted by Gasteiger charge is -2.14. The predicted octanol–water partition coefficient (Wildman–Crippen LogP) is 3.73. The minimum absolute atomic E-state index is 0.00634. The lowest BCUT2D eigenvalue weighted by Crippen LogP contribution is -2.03. The van der Waals surface area contributed by atoms with Gasteiger partial charge in [0.25, 0.3) is 0 Å². The SMILES string of the molecule is OC(c1ccc2c(c1)COC2)c1cc(F)c(F)cc1Cl. The van der Waals surface area contributed by atoms with E-state index in [0.29, 0.717) is 18.8 Å². The number of benzene rings is 2. The van der Waals surface area contributed by atoms with Crippen LogP contribution in [0.25, 0.3) is 0 Å². The molecule has 1 aliphatic rings. The Balaban J connectivity index is 2.00.